The second-order valence-electron chi connectivity index (χ2n) is 9.90. The van der Waals surface area contributed by atoms with Crippen molar-refractivity contribution < 1.29 is 14.0 Å². The first-order valence-electron chi connectivity index (χ1n) is 11.7. The van der Waals surface area contributed by atoms with E-state index < -0.39 is 5.97 Å². The average Bonchev–Trinajstić information content (AvgIpc) is 3.16. The first kappa shape index (κ1) is 23.7. The van der Waals surface area contributed by atoms with E-state index >= 15 is 0 Å². The van der Waals surface area contributed by atoms with E-state index in [1.807, 2.05) is 6.07 Å². The number of aryl methyl sites for hydroxylation is 1. The molecular weight excluding hydrogens is 426 g/mol. The molecule has 7 nitrogen and oxygen atoms in total. The van der Waals surface area contributed by atoms with Gasteiger partial charge in [0.2, 0.25) is 0 Å². The maximum Gasteiger partial charge on any atom is 0.337 e. The van der Waals surface area contributed by atoms with Crippen LogP contribution in [0.1, 0.15) is 47.1 Å². The third-order valence-corrected chi connectivity index (χ3v) is 5.98. The lowest BCUT2D eigenvalue weighted by atomic mass is 10.1. The number of nitrogens with two attached hydrogens (primary N) is 1. The van der Waals surface area contributed by atoms with Gasteiger partial charge in [-0.25, -0.2) is 14.8 Å². The summed E-state index contributed by atoms with van der Waals surface area (Å²) in [4.78, 5) is 21.5. The normalized spacial score (nSPS) is 11.9. The van der Waals surface area contributed by atoms with E-state index in [0.717, 1.165) is 47.0 Å². The van der Waals surface area contributed by atoms with Gasteiger partial charge in [0.15, 0.2) is 5.82 Å². The molecule has 2 aromatic heterocycles. The molecule has 0 unspecified atom stereocenters. The Kier molecular flexibility index (Phi) is 6.57. The topological polar surface area (TPSA) is 83.0 Å². The predicted octanol–water partition coefficient (Wildman–Crippen LogP) is 4.55. The van der Waals surface area contributed by atoms with E-state index in [1.165, 1.54) is 18.2 Å². The summed E-state index contributed by atoms with van der Waals surface area (Å²) in [7, 11) is 7.96. The van der Waals surface area contributed by atoms with Gasteiger partial charge in [-0.3, -0.25) is 0 Å². The van der Waals surface area contributed by atoms with Crippen molar-refractivity contribution in [2.24, 2.45) is 0 Å². The fraction of sp³-hybridized carbons (Fsp3) is 0.370. The highest BCUT2D eigenvalue weighted by Gasteiger charge is 2.19. The molecule has 0 bridgehead atoms. The summed E-state index contributed by atoms with van der Waals surface area (Å²) in [6, 6.07) is 14.2. The number of methoxy groups -OCH3 is 1. The molecule has 34 heavy (non-hydrogen) atoms. The Labute approximate surface area is 200 Å². The molecule has 0 aliphatic heterocycles. The highest BCUT2D eigenvalue weighted by Crippen LogP contribution is 2.31. The van der Waals surface area contributed by atoms with Gasteiger partial charge in [0.1, 0.15) is 17.9 Å². The molecule has 0 atom stereocenters. The van der Waals surface area contributed by atoms with E-state index in [9.17, 15) is 4.79 Å². The van der Waals surface area contributed by atoms with Crippen LogP contribution in [-0.4, -0.2) is 53.2 Å². The van der Waals surface area contributed by atoms with E-state index in [0.29, 0.717) is 29.0 Å². The Morgan fingerprint density at radius 3 is 2.41 bits per heavy atom. The number of aromatic nitrogens is 3. The van der Waals surface area contributed by atoms with Gasteiger partial charge < -0.3 is 19.5 Å². The summed E-state index contributed by atoms with van der Waals surface area (Å²) in [5.41, 5.74) is 11.7. The van der Waals surface area contributed by atoms with Crippen molar-refractivity contribution in [1.82, 2.24) is 14.5 Å². The number of esters is 1. The molecule has 0 amide bonds. The Hall–Kier alpha value is -3.45. The summed E-state index contributed by atoms with van der Waals surface area (Å²) < 4.78 is 8.03. The summed E-state index contributed by atoms with van der Waals surface area (Å²) in [5.74, 6) is 0.984. The zero-order valence-electron chi connectivity index (χ0n) is 20.8. The molecule has 4 rings (SSSR count). The highest BCUT2D eigenvalue weighted by atomic mass is 16.5. The van der Waals surface area contributed by atoms with Crippen LogP contribution in [0.15, 0.2) is 42.5 Å². The molecule has 0 saturated carbocycles. The first-order chi connectivity index (χ1) is 16.2. The first-order valence-corrected chi connectivity index (χ1v) is 11.7. The van der Waals surface area contributed by atoms with Gasteiger partial charge in [-0.15, -0.1) is 0 Å². The van der Waals surface area contributed by atoms with Crippen molar-refractivity contribution in [1.29, 1.82) is 0 Å². The number of imidazole rings is 1. The zero-order chi connectivity index (χ0) is 24.5. The van der Waals surface area contributed by atoms with Crippen LogP contribution in [0.5, 0.6) is 0 Å². The van der Waals surface area contributed by atoms with Gasteiger partial charge in [0.05, 0.1) is 44.8 Å². The Balaban J connectivity index is 1.83. The van der Waals surface area contributed by atoms with Crippen LogP contribution in [0, 0.1) is 0 Å². The number of anilines is 1. The lowest BCUT2D eigenvalue weighted by Gasteiger charge is -2.24. The van der Waals surface area contributed by atoms with Gasteiger partial charge in [0, 0.05) is 23.9 Å². The molecular formula is C27H34N5O2+. The number of benzene rings is 2. The molecule has 7 heteroatoms. The Morgan fingerprint density at radius 2 is 1.76 bits per heavy atom. The fourth-order valence-electron chi connectivity index (χ4n) is 4.38. The van der Waals surface area contributed by atoms with Crippen molar-refractivity contribution in [2.75, 3.05) is 34.0 Å². The van der Waals surface area contributed by atoms with Crippen molar-refractivity contribution in [3.8, 4) is 0 Å². The van der Waals surface area contributed by atoms with E-state index in [1.54, 1.807) is 12.1 Å². The zero-order valence-corrected chi connectivity index (χ0v) is 20.8. The second-order valence-corrected chi connectivity index (χ2v) is 9.90. The monoisotopic (exact) mass is 460 g/mol. The van der Waals surface area contributed by atoms with Crippen LogP contribution in [0.4, 0.5) is 5.82 Å². The summed E-state index contributed by atoms with van der Waals surface area (Å²) >= 11 is 0. The van der Waals surface area contributed by atoms with Crippen molar-refractivity contribution in [3.05, 3.63) is 65.0 Å². The number of ether oxygens (including phenoxy) is 1. The lowest BCUT2D eigenvalue weighted by molar-refractivity contribution is -0.884. The molecule has 178 valence electrons. The number of nitrogens with zero attached hydrogens (tertiary/aromatic N) is 4. The molecule has 4 aromatic rings. The largest absolute Gasteiger partial charge is 0.465 e. The van der Waals surface area contributed by atoms with Crippen LogP contribution >= 0.6 is 0 Å². The second kappa shape index (κ2) is 9.43. The van der Waals surface area contributed by atoms with Crippen LogP contribution < -0.4 is 5.73 Å². The third kappa shape index (κ3) is 4.89. The molecule has 0 radical (unpaired) electrons. The smallest absolute Gasteiger partial charge is 0.337 e. The van der Waals surface area contributed by atoms with Crippen molar-refractivity contribution >= 4 is 33.7 Å². The molecule has 0 fully saturated rings. The minimum absolute atomic E-state index is 0.374. The molecule has 2 N–H and O–H groups in total. The Bertz CT molecular complexity index is 1330. The highest BCUT2D eigenvalue weighted by molar-refractivity contribution is 6.08. The number of fused-ring (bicyclic) bond motifs is 3. The van der Waals surface area contributed by atoms with Crippen molar-refractivity contribution in [2.45, 2.75) is 39.3 Å². The number of unbranched alkanes of at least 4 members (excludes halogenated alkanes) is 1. The SMILES string of the molecule is CCCCc1nc2c(N)nc3cc(C(=O)OC)ccc3c2n1Cc1ccc(C[N+](C)(C)C)cc1. The van der Waals surface area contributed by atoms with Crippen LogP contribution in [0.2, 0.25) is 0 Å². The Morgan fingerprint density at radius 1 is 1.06 bits per heavy atom. The van der Waals surface area contributed by atoms with Gasteiger partial charge in [-0.2, -0.15) is 0 Å². The number of quaternary nitrogens is 1. The molecule has 0 aliphatic rings. The maximum absolute atomic E-state index is 12.1. The predicted molar refractivity (Wildman–Crippen MR) is 137 cm³/mol. The molecule has 0 saturated heterocycles. The number of pyridine rings is 1. The van der Waals surface area contributed by atoms with Crippen LogP contribution in [-0.2, 0) is 24.2 Å². The van der Waals surface area contributed by atoms with Gasteiger partial charge in [0.25, 0.3) is 0 Å². The molecule has 0 aliphatic carbocycles. The number of hydrogen-bond donors (Lipinski definition) is 1. The van der Waals surface area contributed by atoms with Gasteiger partial charge in [-0.1, -0.05) is 37.6 Å². The van der Waals surface area contributed by atoms with Gasteiger partial charge in [-0.05, 0) is 30.2 Å². The average molecular weight is 461 g/mol. The number of rotatable bonds is 8. The summed E-state index contributed by atoms with van der Waals surface area (Å²) in [5, 5.41) is 0.925. The minimum Gasteiger partial charge on any atom is -0.465 e. The number of nitrogen functional groups attached to an aromatic ring is 1. The van der Waals surface area contributed by atoms with Gasteiger partial charge >= 0.3 is 5.97 Å². The molecule has 0 spiro atoms. The quantitative estimate of drug-likeness (QED) is 0.308. The van der Waals surface area contributed by atoms with E-state index in [2.05, 4.69) is 61.9 Å². The summed E-state index contributed by atoms with van der Waals surface area (Å²) in [6.07, 6.45) is 3.00. The third-order valence-electron chi connectivity index (χ3n) is 5.98. The van der Waals surface area contributed by atoms with Crippen LogP contribution in [0.25, 0.3) is 21.9 Å². The number of carbonyl (C=O) groups is 1. The van der Waals surface area contributed by atoms with E-state index in [-0.39, 0.29) is 0 Å². The number of hydrogen-bond acceptors (Lipinski definition) is 5. The maximum atomic E-state index is 12.1. The molecule has 2 heterocycles. The lowest BCUT2D eigenvalue weighted by Crippen LogP contribution is -2.33. The number of carbonyl (C=O) groups excluding carboxylic acids is 1. The summed E-state index contributed by atoms with van der Waals surface area (Å²) in [6.45, 7) is 3.85. The minimum atomic E-state index is -0.395. The van der Waals surface area contributed by atoms with E-state index in [4.69, 9.17) is 15.5 Å². The standard InChI is InChI=1S/C27H34N5O2/c1-6-7-8-23-30-24-25(21-14-13-20(27(33)34-5)15-22(21)29-26(24)28)31(23)16-18-9-11-19(12-10-18)17-32(2,3)4/h9-15H,6-8,16-17H2,1-5H3,(H2,28,29)/q+1. The molecule has 2 aromatic carbocycles. The van der Waals surface area contributed by atoms with Crippen LogP contribution in [0.3, 0.4) is 0 Å². The fourth-order valence-corrected chi connectivity index (χ4v) is 4.38. The van der Waals surface area contributed by atoms with Crippen molar-refractivity contribution in [3.63, 3.8) is 0 Å².